The van der Waals surface area contributed by atoms with Crippen LogP contribution in [0.5, 0.6) is 0 Å². The van der Waals surface area contributed by atoms with Gasteiger partial charge in [-0.25, -0.2) is 0 Å². The number of hydrogen-bond acceptors (Lipinski definition) is 3. The molecule has 0 unspecified atom stereocenters. The van der Waals surface area contributed by atoms with Gasteiger partial charge in [0.15, 0.2) is 0 Å². The lowest BCUT2D eigenvalue weighted by atomic mass is 10.3. The molecule has 0 amide bonds. The average molecular weight is 136 g/mol. The molecule has 0 fully saturated rings. The zero-order valence-electron chi connectivity index (χ0n) is 5.66. The Balaban J connectivity index is 2.90. The van der Waals surface area contributed by atoms with Gasteiger partial charge in [0.2, 0.25) is 0 Å². The Bertz CT molecular complexity index is 218. The maximum absolute atomic E-state index is 9.94. The van der Waals surface area contributed by atoms with Gasteiger partial charge >= 0.3 is 0 Å². The van der Waals surface area contributed by atoms with E-state index < -0.39 is 0 Å². The lowest BCUT2D eigenvalue weighted by molar-refractivity contribution is 1.46. The van der Waals surface area contributed by atoms with Crippen LogP contribution in [0.2, 0.25) is 0 Å². The molecule has 52 valence electrons. The van der Waals surface area contributed by atoms with E-state index in [9.17, 15) is 4.91 Å². The van der Waals surface area contributed by atoms with Gasteiger partial charge in [0.25, 0.3) is 0 Å². The number of nitroso groups, excluding NO2 is 1. The molecule has 0 radical (unpaired) electrons. The molecular formula is C7H8N2O. The normalized spacial score (nSPS) is 8.90. The molecule has 0 spiro atoms. The van der Waals surface area contributed by atoms with E-state index in [1.165, 1.54) is 0 Å². The summed E-state index contributed by atoms with van der Waals surface area (Å²) >= 11 is 0. The zero-order valence-corrected chi connectivity index (χ0v) is 5.66. The summed E-state index contributed by atoms with van der Waals surface area (Å²) in [5, 5.41) is 5.70. The maximum Gasteiger partial charge on any atom is 0.108 e. The summed E-state index contributed by atoms with van der Waals surface area (Å²) in [6.07, 6.45) is 0. The summed E-state index contributed by atoms with van der Waals surface area (Å²) in [7, 11) is 1.82. The largest absolute Gasteiger partial charge is 0.388 e. The zero-order chi connectivity index (χ0) is 7.40. The highest BCUT2D eigenvalue weighted by atomic mass is 16.3. The van der Waals surface area contributed by atoms with Crippen LogP contribution in [0.15, 0.2) is 29.4 Å². The molecule has 1 N–H and O–H groups in total. The number of hydrogen-bond donors (Lipinski definition) is 1. The first-order valence-corrected chi connectivity index (χ1v) is 2.98. The molecule has 0 aliphatic carbocycles. The summed E-state index contributed by atoms with van der Waals surface area (Å²) in [5.41, 5.74) is 1.44. The van der Waals surface area contributed by atoms with Gasteiger partial charge in [-0.05, 0) is 29.4 Å². The first-order valence-electron chi connectivity index (χ1n) is 2.98. The van der Waals surface area contributed by atoms with Crippen molar-refractivity contribution in [1.29, 1.82) is 0 Å². The Morgan fingerprint density at radius 1 is 1.30 bits per heavy atom. The predicted molar refractivity (Wildman–Crippen MR) is 41.4 cm³/mol. The first-order chi connectivity index (χ1) is 4.86. The highest BCUT2D eigenvalue weighted by Gasteiger charge is 1.88. The molecule has 0 atom stereocenters. The summed E-state index contributed by atoms with van der Waals surface area (Å²) in [5.74, 6) is 0. The molecule has 0 heterocycles. The van der Waals surface area contributed by atoms with Crippen LogP contribution in [0.4, 0.5) is 11.4 Å². The van der Waals surface area contributed by atoms with E-state index in [1.807, 2.05) is 7.05 Å². The molecule has 0 bridgehead atoms. The second kappa shape index (κ2) is 2.96. The SMILES string of the molecule is CNc1ccc(N=O)cc1. The van der Waals surface area contributed by atoms with Gasteiger partial charge < -0.3 is 5.32 Å². The highest BCUT2D eigenvalue weighted by Crippen LogP contribution is 2.14. The van der Waals surface area contributed by atoms with Gasteiger partial charge in [-0.1, -0.05) is 0 Å². The minimum absolute atomic E-state index is 0.457. The minimum Gasteiger partial charge on any atom is -0.388 e. The van der Waals surface area contributed by atoms with Crippen molar-refractivity contribution in [3.05, 3.63) is 29.2 Å². The van der Waals surface area contributed by atoms with Crippen molar-refractivity contribution < 1.29 is 0 Å². The van der Waals surface area contributed by atoms with E-state index in [0.29, 0.717) is 5.69 Å². The Labute approximate surface area is 59.0 Å². The van der Waals surface area contributed by atoms with Crippen LogP contribution >= 0.6 is 0 Å². The van der Waals surface area contributed by atoms with Crippen molar-refractivity contribution in [3.8, 4) is 0 Å². The summed E-state index contributed by atoms with van der Waals surface area (Å²) < 4.78 is 0. The second-order valence-electron chi connectivity index (χ2n) is 1.89. The number of nitrogens with one attached hydrogen (secondary N) is 1. The van der Waals surface area contributed by atoms with Crippen LogP contribution in [0.3, 0.4) is 0 Å². The lowest BCUT2D eigenvalue weighted by Gasteiger charge is -1.96. The smallest absolute Gasteiger partial charge is 0.108 e. The van der Waals surface area contributed by atoms with Gasteiger partial charge in [-0.3, -0.25) is 0 Å². The molecule has 1 aromatic rings. The third kappa shape index (κ3) is 1.31. The van der Waals surface area contributed by atoms with E-state index in [4.69, 9.17) is 0 Å². The topological polar surface area (TPSA) is 41.5 Å². The van der Waals surface area contributed by atoms with E-state index in [-0.39, 0.29) is 0 Å². The quantitative estimate of drug-likeness (QED) is 0.632. The van der Waals surface area contributed by atoms with Crippen molar-refractivity contribution >= 4 is 11.4 Å². The van der Waals surface area contributed by atoms with E-state index in [0.717, 1.165) is 5.69 Å². The molecule has 10 heavy (non-hydrogen) atoms. The van der Waals surface area contributed by atoms with Gasteiger partial charge in [0, 0.05) is 12.7 Å². The molecule has 3 nitrogen and oxygen atoms in total. The van der Waals surface area contributed by atoms with Crippen molar-refractivity contribution in [2.45, 2.75) is 0 Å². The monoisotopic (exact) mass is 136 g/mol. The van der Waals surface area contributed by atoms with Crippen molar-refractivity contribution in [2.24, 2.45) is 5.18 Å². The predicted octanol–water partition coefficient (Wildman–Crippen LogP) is 2.13. The van der Waals surface area contributed by atoms with Crippen LogP contribution < -0.4 is 5.32 Å². The number of benzene rings is 1. The maximum atomic E-state index is 9.94. The molecule has 0 aromatic heterocycles. The van der Waals surface area contributed by atoms with E-state index >= 15 is 0 Å². The summed E-state index contributed by atoms with van der Waals surface area (Å²) in [4.78, 5) is 9.94. The molecule has 1 aromatic carbocycles. The van der Waals surface area contributed by atoms with E-state index in [1.54, 1.807) is 24.3 Å². The van der Waals surface area contributed by atoms with Crippen LogP contribution in [-0.2, 0) is 0 Å². The van der Waals surface area contributed by atoms with E-state index in [2.05, 4.69) is 10.5 Å². The molecule has 0 saturated heterocycles. The molecule has 0 aliphatic rings. The highest BCUT2D eigenvalue weighted by molar-refractivity contribution is 5.50. The summed E-state index contributed by atoms with van der Waals surface area (Å²) in [6, 6.07) is 6.94. The average Bonchev–Trinajstić information content (AvgIpc) is 2.05. The molecule has 1 rings (SSSR count). The molecule has 0 saturated carbocycles. The first kappa shape index (κ1) is 6.74. The fourth-order valence-electron chi connectivity index (χ4n) is 0.689. The number of nitrogens with zero attached hydrogens (tertiary/aromatic N) is 1. The number of anilines is 1. The third-order valence-corrected chi connectivity index (χ3v) is 1.26. The standard InChI is InChI=1S/C7H8N2O/c1-8-6-2-4-7(9-10)5-3-6/h2-5,8H,1H3. The fraction of sp³-hybridized carbons (Fsp3) is 0.143. The minimum atomic E-state index is 0.457. The van der Waals surface area contributed by atoms with Crippen molar-refractivity contribution in [1.82, 2.24) is 0 Å². The second-order valence-corrected chi connectivity index (χ2v) is 1.89. The van der Waals surface area contributed by atoms with Crippen LogP contribution in [0.25, 0.3) is 0 Å². The van der Waals surface area contributed by atoms with Crippen LogP contribution in [0.1, 0.15) is 0 Å². The Kier molecular flexibility index (Phi) is 1.99. The Hall–Kier alpha value is -1.38. The van der Waals surface area contributed by atoms with Gasteiger partial charge in [0.05, 0.1) is 0 Å². The molecule has 3 heteroatoms. The Morgan fingerprint density at radius 3 is 2.30 bits per heavy atom. The third-order valence-electron chi connectivity index (χ3n) is 1.26. The molecule has 0 aliphatic heterocycles. The van der Waals surface area contributed by atoms with Crippen molar-refractivity contribution in [3.63, 3.8) is 0 Å². The van der Waals surface area contributed by atoms with Crippen LogP contribution in [-0.4, -0.2) is 7.05 Å². The van der Waals surface area contributed by atoms with Gasteiger partial charge in [-0.15, -0.1) is 4.91 Å². The Morgan fingerprint density at radius 2 is 1.90 bits per heavy atom. The molecular weight excluding hydrogens is 128 g/mol. The fourth-order valence-corrected chi connectivity index (χ4v) is 0.689. The van der Waals surface area contributed by atoms with Gasteiger partial charge in [-0.2, -0.15) is 0 Å². The van der Waals surface area contributed by atoms with Crippen molar-refractivity contribution in [2.75, 3.05) is 12.4 Å². The number of rotatable bonds is 2. The van der Waals surface area contributed by atoms with Gasteiger partial charge in [0.1, 0.15) is 5.69 Å². The van der Waals surface area contributed by atoms with Crippen LogP contribution in [0, 0.1) is 4.91 Å². The lowest BCUT2D eigenvalue weighted by Crippen LogP contribution is -1.84. The summed E-state index contributed by atoms with van der Waals surface area (Å²) in [6.45, 7) is 0.